The molecule has 26 heavy (non-hydrogen) atoms. The monoisotopic (exact) mass is 365 g/mol. The van der Waals surface area contributed by atoms with Crippen molar-refractivity contribution in [3.63, 3.8) is 0 Å². The number of piperazine rings is 1. The van der Waals surface area contributed by atoms with Crippen LogP contribution in [0.25, 0.3) is 10.9 Å². The predicted octanol–water partition coefficient (Wildman–Crippen LogP) is 1.18. The highest BCUT2D eigenvalue weighted by Crippen LogP contribution is 2.37. The van der Waals surface area contributed by atoms with Crippen molar-refractivity contribution < 1.29 is 18.6 Å². The highest BCUT2D eigenvalue weighted by atomic mass is 19.1. The van der Waals surface area contributed by atoms with E-state index in [1.54, 1.807) is 13.2 Å². The molecule has 0 bridgehead atoms. The van der Waals surface area contributed by atoms with E-state index in [0.717, 1.165) is 19.5 Å². The van der Waals surface area contributed by atoms with Crippen LogP contribution in [-0.4, -0.2) is 63.6 Å². The van der Waals surface area contributed by atoms with E-state index >= 15 is 0 Å². The Labute approximate surface area is 151 Å². The zero-order chi connectivity index (χ0) is 18.7. The summed E-state index contributed by atoms with van der Waals surface area (Å²) >= 11 is 0. The first-order chi connectivity index (χ1) is 12.6. The van der Waals surface area contributed by atoms with Crippen molar-refractivity contribution in [3.05, 3.63) is 11.9 Å². The normalized spacial score (nSPS) is 17.5. The number of nitrogen functional groups attached to an aromatic ring is 1. The summed E-state index contributed by atoms with van der Waals surface area (Å²) in [7, 11) is 4.49. The van der Waals surface area contributed by atoms with Crippen LogP contribution in [0.5, 0.6) is 11.5 Å². The van der Waals surface area contributed by atoms with Crippen LogP contribution in [0, 0.1) is 5.82 Å². The smallest absolute Gasteiger partial charge is 0.228 e. The molecule has 0 saturated carbocycles. The molecule has 9 heteroatoms. The van der Waals surface area contributed by atoms with Crippen molar-refractivity contribution in [2.75, 3.05) is 58.2 Å². The van der Waals surface area contributed by atoms with Crippen LogP contribution in [-0.2, 0) is 4.74 Å². The van der Waals surface area contributed by atoms with E-state index in [4.69, 9.17) is 19.9 Å². The first-order valence-corrected chi connectivity index (χ1v) is 8.44. The molecule has 0 amide bonds. The molecular formula is C17H24FN5O3. The summed E-state index contributed by atoms with van der Waals surface area (Å²) in [6, 6.07) is 1.74. The summed E-state index contributed by atoms with van der Waals surface area (Å²) in [4.78, 5) is 10.9. The summed E-state index contributed by atoms with van der Waals surface area (Å²) in [5, 5.41) is 3.74. The minimum Gasteiger partial charge on any atom is -0.493 e. The van der Waals surface area contributed by atoms with Gasteiger partial charge in [-0.25, -0.2) is 9.37 Å². The lowest BCUT2D eigenvalue weighted by Gasteiger charge is -2.36. The third-order valence-corrected chi connectivity index (χ3v) is 4.56. The third kappa shape index (κ3) is 3.32. The van der Waals surface area contributed by atoms with E-state index in [1.165, 1.54) is 14.2 Å². The van der Waals surface area contributed by atoms with Crippen molar-refractivity contribution in [2.24, 2.45) is 0 Å². The standard InChI is InChI=1S/C17H24FN5O3/c1-24-7-4-10-9-20-5-6-23(10)17-21-14-11(16(19)22-17)8-12(25-2)15(26-3)13(14)18/h8,10,20H,4-7,9H2,1-3H3,(H2,19,21,22). The maximum absolute atomic E-state index is 14.9. The highest BCUT2D eigenvalue weighted by molar-refractivity contribution is 5.92. The Morgan fingerprint density at radius 1 is 1.31 bits per heavy atom. The van der Waals surface area contributed by atoms with Crippen molar-refractivity contribution in [1.29, 1.82) is 0 Å². The fourth-order valence-electron chi connectivity index (χ4n) is 3.20. The lowest BCUT2D eigenvalue weighted by atomic mass is 10.1. The van der Waals surface area contributed by atoms with Crippen molar-refractivity contribution >= 4 is 22.7 Å². The topological polar surface area (TPSA) is 94.8 Å². The summed E-state index contributed by atoms with van der Waals surface area (Å²) < 4.78 is 30.4. The number of ether oxygens (including phenoxy) is 3. The van der Waals surface area contributed by atoms with Crippen molar-refractivity contribution in [2.45, 2.75) is 12.5 Å². The summed E-state index contributed by atoms with van der Waals surface area (Å²) in [6.07, 6.45) is 0.805. The van der Waals surface area contributed by atoms with Gasteiger partial charge in [-0.1, -0.05) is 0 Å². The Morgan fingerprint density at radius 3 is 2.81 bits per heavy atom. The Bertz CT molecular complexity index is 789. The van der Waals surface area contributed by atoms with Gasteiger partial charge in [0.15, 0.2) is 17.3 Å². The number of hydrogen-bond donors (Lipinski definition) is 2. The van der Waals surface area contributed by atoms with Gasteiger partial charge in [-0.05, 0) is 12.5 Å². The van der Waals surface area contributed by atoms with Crippen LogP contribution in [0.1, 0.15) is 6.42 Å². The first kappa shape index (κ1) is 18.4. The number of anilines is 2. The van der Waals surface area contributed by atoms with Gasteiger partial charge in [-0.3, -0.25) is 0 Å². The van der Waals surface area contributed by atoms with E-state index in [2.05, 4.69) is 15.3 Å². The molecule has 1 fully saturated rings. The molecule has 1 atom stereocenters. The van der Waals surface area contributed by atoms with E-state index in [1.807, 2.05) is 4.90 Å². The number of benzene rings is 1. The molecule has 142 valence electrons. The molecule has 8 nitrogen and oxygen atoms in total. The van der Waals surface area contributed by atoms with Crippen LogP contribution in [0.2, 0.25) is 0 Å². The van der Waals surface area contributed by atoms with E-state index < -0.39 is 5.82 Å². The molecule has 1 saturated heterocycles. The molecule has 1 aliphatic heterocycles. The SMILES string of the molecule is COCCC1CNCCN1c1nc(N)c2cc(OC)c(OC)c(F)c2n1. The molecule has 2 aromatic rings. The number of nitrogens with zero attached hydrogens (tertiary/aromatic N) is 3. The number of aromatic nitrogens is 2. The van der Waals surface area contributed by atoms with Crippen molar-refractivity contribution in [1.82, 2.24) is 15.3 Å². The Balaban J connectivity index is 2.08. The maximum Gasteiger partial charge on any atom is 0.228 e. The molecule has 1 aromatic heterocycles. The molecule has 1 aliphatic rings. The van der Waals surface area contributed by atoms with Crippen LogP contribution in [0.4, 0.5) is 16.2 Å². The number of hydrogen-bond acceptors (Lipinski definition) is 8. The van der Waals surface area contributed by atoms with Crippen molar-refractivity contribution in [3.8, 4) is 11.5 Å². The van der Waals surface area contributed by atoms with Gasteiger partial charge in [0.1, 0.15) is 11.3 Å². The third-order valence-electron chi connectivity index (χ3n) is 4.56. The summed E-state index contributed by atoms with van der Waals surface area (Å²) in [5.41, 5.74) is 6.23. The molecule has 1 aromatic carbocycles. The lowest BCUT2D eigenvalue weighted by molar-refractivity contribution is 0.184. The zero-order valence-corrected chi connectivity index (χ0v) is 15.2. The van der Waals surface area contributed by atoms with E-state index in [9.17, 15) is 4.39 Å². The molecule has 0 radical (unpaired) electrons. The predicted molar refractivity (Wildman–Crippen MR) is 97.5 cm³/mol. The summed E-state index contributed by atoms with van der Waals surface area (Å²) in [5.74, 6) is 0.249. The Morgan fingerprint density at radius 2 is 2.12 bits per heavy atom. The van der Waals surface area contributed by atoms with Gasteiger partial charge >= 0.3 is 0 Å². The number of halogens is 1. The minimum atomic E-state index is -0.610. The fourth-order valence-corrected chi connectivity index (χ4v) is 3.20. The molecule has 0 spiro atoms. The second-order valence-electron chi connectivity index (χ2n) is 6.06. The van der Waals surface area contributed by atoms with Gasteiger partial charge in [0.2, 0.25) is 5.95 Å². The average Bonchev–Trinajstić information content (AvgIpc) is 2.66. The second kappa shape index (κ2) is 7.88. The van der Waals surface area contributed by atoms with Crippen LogP contribution < -0.4 is 25.4 Å². The lowest BCUT2D eigenvalue weighted by Crippen LogP contribution is -2.52. The molecule has 0 aliphatic carbocycles. The van der Waals surface area contributed by atoms with Crippen LogP contribution in [0.3, 0.4) is 0 Å². The molecule has 3 N–H and O–H groups in total. The van der Waals surface area contributed by atoms with Crippen LogP contribution in [0.15, 0.2) is 6.07 Å². The minimum absolute atomic E-state index is 0.000272. The highest BCUT2D eigenvalue weighted by Gasteiger charge is 2.26. The quantitative estimate of drug-likeness (QED) is 0.788. The Hall–Kier alpha value is -2.39. The summed E-state index contributed by atoms with van der Waals surface area (Å²) in [6.45, 7) is 2.89. The molecule has 2 heterocycles. The van der Waals surface area contributed by atoms with Crippen LogP contribution >= 0.6 is 0 Å². The number of nitrogens with one attached hydrogen (secondary N) is 1. The Kier molecular flexibility index (Phi) is 5.58. The number of nitrogens with two attached hydrogens (primary N) is 1. The van der Waals surface area contributed by atoms with E-state index in [0.29, 0.717) is 24.5 Å². The largest absolute Gasteiger partial charge is 0.493 e. The van der Waals surface area contributed by atoms with Gasteiger partial charge in [0.25, 0.3) is 0 Å². The second-order valence-corrected chi connectivity index (χ2v) is 6.06. The maximum atomic E-state index is 14.9. The molecular weight excluding hydrogens is 341 g/mol. The number of methoxy groups -OCH3 is 3. The fraction of sp³-hybridized carbons (Fsp3) is 0.529. The first-order valence-electron chi connectivity index (χ1n) is 8.44. The van der Waals surface area contributed by atoms with E-state index in [-0.39, 0.29) is 28.9 Å². The van der Waals surface area contributed by atoms with Gasteiger partial charge in [0.05, 0.1) is 14.2 Å². The average molecular weight is 365 g/mol. The van der Waals surface area contributed by atoms with Gasteiger partial charge in [0, 0.05) is 44.8 Å². The zero-order valence-electron chi connectivity index (χ0n) is 15.2. The molecule has 3 rings (SSSR count). The van der Waals surface area contributed by atoms with Gasteiger partial charge < -0.3 is 30.2 Å². The number of rotatable bonds is 6. The van der Waals surface area contributed by atoms with Gasteiger partial charge in [-0.2, -0.15) is 4.98 Å². The number of fused-ring (bicyclic) bond motifs is 1. The molecule has 1 unspecified atom stereocenters. The van der Waals surface area contributed by atoms with Gasteiger partial charge in [-0.15, -0.1) is 0 Å².